The van der Waals surface area contributed by atoms with Gasteiger partial charge in [-0.3, -0.25) is 0 Å². The zero-order valence-electron chi connectivity index (χ0n) is 45.3. The summed E-state index contributed by atoms with van der Waals surface area (Å²) in [5.74, 6) is 0. The molecular formula is C78H56N2. The molecule has 0 spiro atoms. The number of anilines is 6. The lowest BCUT2D eigenvalue weighted by molar-refractivity contribution is 0.660. The van der Waals surface area contributed by atoms with Gasteiger partial charge in [0.25, 0.3) is 0 Å². The minimum atomic E-state index is -0.191. The molecule has 0 fully saturated rings. The Kier molecular flexibility index (Phi) is 10.1. The summed E-state index contributed by atoms with van der Waals surface area (Å²) in [6, 6.07) is 100. The Balaban J connectivity index is 1.04. The standard InChI is InChI=1S/C78H56N2/c1-77(2)67-33-17-15-31-57(67)59-39-37-53(45-69(59)77)79(71-35-19-27-49-25-11-13-29-55(49)71)73-47-65(51-21-7-5-8-22-51)61-42-44-64-74(48-66(52-23-9-6-10-24-52)62-41-43-63(73)75(61)76(62)64)80(72-36-20-28-50-26-12-14-30-56(50)72)54-38-40-60-58-32-16-18-34-68(58)78(3,4)70(60)46-54/h5-48H,1-4H3. The first-order chi connectivity index (χ1) is 39.2. The second kappa shape index (κ2) is 17.4. The maximum Gasteiger partial charge on any atom is 0.0547 e. The van der Waals surface area contributed by atoms with Gasteiger partial charge in [0.1, 0.15) is 0 Å². The highest BCUT2D eigenvalue weighted by Gasteiger charge is 2.38. The van der Waals surface area contributed by atoms with E-state index >= 15 is 0 Å². The first kappa shape index (κ1) is 46.3. The van der Waals surface area contributed by atoms with E-state index in [1.807, 2.05) is 0 Å². The van der Waals surface area contributed by atoms with Crippen molar-refractivity contribution in [2.75, 3.05) is 9.80 Å². The summed E-state index contributed by atoms with van der Waals surface area (Å²) < 4.78 is 0. The monoisotopic (exact) mass is 1020 g/mol. The summed E-state index contributed by atoms with van der Waals surface area (Å²) in [6.07, 6.45) is 0. The molecule has 0 saturated carbocycles. The van der Waals surface area contributed by atoms with Gasteiger partial charge in [-0.05, 0) is 137 Å². The fourth-order valence-corrected chi connectivity index (χ4v) is 14.3. The van der Waals surface area contributed by atoms with Crippen LogP contribution in [0.2, 0.25) is 0 Å². The van der Waals surface area contributed by atoms with Gasteiger partial charge in [0.05, 0.1) is 22.7 Å². The van der Waals surface area contributed by atoms with Gasteiger partial charge in [0.2, 0.25) is 0 Å². The second-order valence-electron chi connectivity index (χ2n) is 23.2. The lowest BCUT2D eigenvalue weighted by Crippen LogP contribution is -2.17. The number of hydrogen-bond donors (Lipinski definition) is 0. The molecule has 0 unspecified atom stereocenters. The molecule has 0 atom stereocenters. The van der Waals surface area contributed by atoms with Crippen LogP contribution in [-0.4, -0.2) is 0 Å². The van der Waals surface area contributed by atoms with Crippen molar-refractivity contribution in [2.45, 2.75) is 38.5 Å². The molecule has 80 heavy (non-hydrogen) atoms. The second-order valence-corrected chi connectivity index (χ2v) is 23.2. The van der Waals surface area contributed by atoms with Crippen molar-refractivity contribution in [2.24, 2.45) is 0 Å². The normalized spacial score (nSPS) is 13.7. The minimum absolute atomic E-state index is 0.191. The number of fused-ring (bicyclic) bond motifs is 8. The van der Waals surface area contributed by atoms with Crippen LogP contribution < -0.4 is 9.80 Å². The maximum atomic E-state index is 2.58. The summed E-state index contributed by atoms with van der Waals surface area (Å²) in [7, 11) is 0. The molecule has 2 nitrogen and oxygen atoms in total. The van der Waals surface area contributed by atoms with Crippen LogP contribution in [0.4, 0.5) is 34.1 Å². The highest BCUT2D eigenvalue weighted by atomic mass is 15.2. The van der Waals surface area contributed by atoms with Crippen LogP contribution in [0.3, 0.4) is 0 Å². The van der Waals surface area contributed by atoms with Gasteiger partial charge in [-0.1, -0.05) is 246 Å². The van der Waals surface area contributed by atoms with Crippen molar-refractivity contribution >= 4 is 88.0 Å². The number of benzene rings is 14. The zero-order chi connectivity index (χ0) is 53.4. The Hall–Kier alpha value is -9.76. The largest absolute Gasteiger partial charge is 0.309 e. The molecule has 378 valence electrons. The van der Waals surface area contributed by atoms with Crippen molar-refractivity contribution in [1.29, 1.82) is 0 Å². The third kappa shape index (κ3) is 6.72. The molecule has 0 heterocycles. The molecule has 0 radical (unpaired) electrons. The lowest BCUT2D eigenvalue weighted by atomic mass is 9.82. The van der Waals surface area contributed by atoms with E-state index in [9.17, 15) is 0 Å². The van der Waals surface area contributed by atoms with E-state index in [1.54, 1.807) is 0 Å². The van der Waals surface area contributed by atoms with Crippen LogP contribution in [0, 0.1) is 0 Å². The molecule has 2 heteroatoms. The quantitative estimate of drug-likeness (QED) is 0.140. The van der Waals surface area contributed by atoms with Crippen LogP contribution in [0.1, 0.15) is 49.9 Å². The van der Waals surface area contributed by atoms with E-state index < -0.39 is 0 Å². The predicted octanol–water partition coefficient (Wildman–Crippen LogP) is 21.8. The van der Waals surface area contributed by atoms with Gasteiger partial charge in [-0.25, -0.2) is 0 Å². The molecule has 0 saturated heterocycles. The first-order valence-corrected chi connectivity index (χ1v) is 28.2. The molecule has 0 bridgehead atoms. The summed E-state index contributed by atoms with van der Waals surface area (Å²) in [5, 5.41) is 12.1. The third-order valence-electron chi connectivity index (χ3n) is 18.2. The average molecular weight is 1020 g/mol. The summed E-state index contributed by atoms with van der Waals surface area (Å²) in [4.78, 5) is 5.15. The van der Waals surface area contributed by atoms with E-state index in [1.165, 1.54) is 121 Å². The highest BCUT2D eigenvalue weighted by molar-refractivity contribution is 6.33. The molecule has 14 aromatic carbocycles. The maximum absolute atomic E-state index is 2.58. The molecule has 16 rings (SSSR count). The molecular weight excluding hydrogens is 965 g/mol. The van der Waals surface area contributed by atoms with Crippen molar-refractivity contribution in [3.8, 4) is 44.5 Å². The van der Waals surface area contributed by atoms with Gasteiger partial charge < -0.3 is 9.80 Å². The molecule has 2 aliphatic rings. The van der Waals surface area contributed by atoms with Crippen LogP contribution >= 0.6 is 0 Å². The fourth-order valence-electron chi connectivity index (χ4n) is 14.3. The van der Waals surface area contributed by atoms with Crippen LogP contribution in [0.15, 0.2) is 267 Å². The Labute approximate surface area is 467 Å². The smallest absolute Gasteiger partial charge is 0.0547 e. The van der Waals surface area contributed by atoms with E-state index in [0.29, 0.717) is 0 Å². The summed E-state index contributed by atoms with van der Waals surface area (Å²) in [6.45, 7) is 9.55. The first-order valence-electron chi connectivity index (χ1n) is 28.2. The van der Waals surface area contributed by atoms with Gasteiger partial charge in [0, 0.05) is 54.5 Å². The topological polar surface area (TPSA) is 6.48 Å². The van der Waals surface area contributed by atoms with Gasteiger partial charge in [0.15, 0.2) is 0 Å². The average Bonchev–Trinajstić information content (AvgIpc) is 4.04. The highest BCUT2D eigenvalue weighted by Crippen LogP contribution is 2.57. The molecule has 0 aliphatic heterocycles. The number of nitrogens with zero attached hydrogens (tertiary/aromatic N) is 2. The zero-order valence-corrected chi connectivity index (χ0v) is 45.3. The molecule has 0 amide bonds. The van der Waals surface area contributed by atoms with Gasteiger partial charge in [-0.15, -0.1) is 0 Å². The van der Waals surface area contributed by atoms with Crippen LogP contribution in [0.25, 0.3) is 98.4 Å². The van der Waals surface area contributed by atoms with E-state index in [0.717, 1.165) is 34.1 Å². The van der Waals surface area contributed by atoms with Gasteiger partial charge in [-0.2, -0.15) is 0 Å². The molecule has 0 N–H and O–H groups in total. The van der Waals surface area contributed by atoms with E-state index in [2.05, 4.69) is 304 Å². The van der Waals surface area contributed by atoms with Crippen molar-refractivity contribution in [1.82, 2.24) is 0 Å². The molecule has 14 aromatic rings. The predicted molar refractivity (Wildman–Crippen MR) is 341 cm³/mol. The summed E-state index contributed by atoms with van der Waals surface area (Å²) in [5.41, 5.74) is 21.8. The lowest BCUT2D eigenvalue weighted by Gasteiger charge is -2.32. The Morgan fingerprint density at radius 1 is 0.237 bits per heavy atom. The Morgan fingerprint density at radius 2 is 0.600 bits per heavy atom. The number of hydrogen-bond acceptors (Lipinski definition) is 2. The summed E-state index contributed by atoms with van der Waals surface area (Å²) >= 11 is 0. The van der Waals surface area contributed by atoms with Gasteiger partial charge >= 0.3 is 0 Å². The Bertz CT molecular complexity index is 4520. The fraction of sp³-hybridized carbons (Fsp3) is 0.0769. The molecule has 2 aliphatic carbocycles. The SMILES string of the molecule is CC1(C)c2ccccc2-c2ccc(N(c3cccc4ccccc34)c3cc(-c4ccccc4)c4ccc5c(N(c6ccc7c(c6)C(C)(C)c6ccccc6-7)c6cccc7ccccc67)cc(-c6ccccc6)c6ccc3c4c65)cc21. The molecule has 0 aromatic heterocycles. The van der Waals surface area contributed by atoms with Crippen molar-refractivity contribution < 1.29 is 0 Å². The Morgan fingerprint density at radius 3 is 1.05 bits per heavy atom. The number of rotatable bonds is 8. The van der Waals surface area contributed by atoms with E-state index in [-0.39, 0.29) is 10.8 Å². The van der Waals surface area contributed by atoms with E-state index in [4.69, 9.17) is 0 Å². The minimum Gasteiger partial charge on any atom is -0.309 e. The van der Waals surface area contributed by atoms with Crippen LogP contribution in [0.5, 0.6) is 0 Å². The van der Waals surface area contributed by atoms with Crippen molar-refractivity contribution in [3.05, 3.63) is 289 Å². The van der Waals surface area contributed by atoms with Crippen molar-refractivity contribution in [3.63, 3.8) is 0 Å². The third-order valence-corrected chi connectivity index (χ3v) is 18.2. The van der Waals surface area contributed by atoms with Crippen LogP contribution in [-0.2, 0) is 10.8 Å².